The number of ether oxygens (including phenoxy) is 2. The van der Waals surface area contributed by atoms with Gasteiger partial charge in [-0.2, -0.15) is 0 Å². The lowest BCUT2D eigenvalue weighted by Crippen LogP contribution is -2.22. The summed E-state index contributed by atoms with van der Waals surface area (Å²) in [6.07, 6.45) is 6.73. The molecule has 160 valence electrons. The maximum atomic E-state index is 12.5. The van der Waals surface area contributed by atoms with Crippen molar-refractivity contribution >= 4 is 45.2 Å². The molecule has 0 saturated heterocycles. The Hall–Kier alpha value is -3.33. The molecule has 0 saturated carbocycles. The lowest BCUT2D eigenvalue weighted by atomic mass is 9.95. The fourth-order valence-corrected chi connectivity index (χ4v) is 4.90. The Labute approximate surface area is 182 Å². The van der Waals surface area contributed by atoms with Gasteiger partial charge in [0, 0.05) is 17.3 Å². The van der Waals surface area contributed by atoms with E-state index in [0.717, 1.165) is 36.1 Å². The molecule has 0 atom stereocenters. The van der Waals surface area contributed by atoms with Crippen molar-refractivity contribution in [2.45, 2.75) is 32.6 Å². The molecule has 1 aliphatic rings. The first-order chi connectivity index (χ1) is 15.1. The summed E-state index contributed by atoms with van der Waals surface area (Å²) >= 11 is 1.39. The second-order valence-corrected chi connectivity index (χ2v) is 8.09. The molecule has 4 rings (SSSR count). The summed E-state index contributed by atoms with van der Waals surface area (Å²) in [7, 11) is 0. The van der Waals surface area contributed by atoms with Crippen molar-refractivity contribution in [2.24, 2.45) is 0 Å². The van der Waals surface area contributed by atoms with E-state index >= 15 is 0 Å². The molecule has 1 N–H and O–H groups in total. The first kappa shape index (κ1) is 20.9. The van der Waals surface area contributed by atoms with Crippen molar-refractivity contribution in [2.75, 3.05) is 18.5 Å². The van der Waals surface area contributed by atoms with Crippen LogP contribution >= 0.6 is 11.3 Å². The molecule has 31 heavy (non-hydrogen) atoms. The lowest BCUT2D eigenvalue weighted by molar-refractivity contribution is -0.119. The van der Waals surface area contributed by atoms with E-state index in [2.05, 4.69) is 15.3 Å². The first-order valence-corrected chi connectivity index (χ1v) is 10.9. The molecule has 0 aliphatic heterocycles. The van der Waals surface area contributed by atoms with Crippen LogP contribution in [0.2, 0.25) is 0 Å². The fraction of sp³-hybridized carbons (Fsp3) is 0.318. The van der Waals surface area contributed by atoms with Gasteiger partial charge in [0.2, 0.25) is 0 Å². The van der Waals surface area contributed by atoms with E-state index in [1.165, 1.54) is 23.7 Å². The van der Waals surface area contributed by atoms with Crippen molar-refractivity contribution in [3.63, 3.8) is 0 Å². The minimum Gasteiger partial charge on any atom is -0.462 e. The average Bonchev–Trinajstić information content (AvgIpc) is 3.15. The molecule has 9 heteroatoms. The molecule has 2 aromatic heterocycles. The summed E-state index contributed by atoms with van der Waals surface area (Å²) in [6.45, 7) is 1.51. The number of esters is 2. The number of nitrogens with one attached hydrogen (secondary N) is 1. The molecule has 8 nitrogen and oxygen atoms in total. The lowest BCUT2D eigenvalue weighted by Gasteiger charge is -2.12. The number of rotatable bonds is 6. The first-order valence-electron chi connectivity index (χ1n) is 10.1. The van der Waals surface area contributed by atoms with Crippen LogP contribution in [0.4, 0.5) is 5.00 Å². The second kappa shape index (κ2) is 9.22. The zero-order valence-electron chi connectivity index (χ0n) is 17.0. The second-order valence-electron chi connectivity index (χ2n) is 6.99. The van der Waals surface area contributed by atoms with Crippen LogP contribution in [-0.4, -0.2) is 41.0 Å². The highest BCUT2D eigenvalue weighted by molar-refractivity contribution is 7.17. The number of amides is 1. The number of aromatic nitrogens is 2. The Bertz CT molecular complexity index is 1150. The number of aryl methyl sites for hydroxylation is 1. The number of hydrogen-bond acceptors (Lipinski definition) is 8. The molecule has 1 aliphatic carbocycles. The SMILES string of the molecule is CCOC(=O)c1c(NC(=O)COC(=O)c2cccc3nccnc23)sc2c1CCCC2. The van der Waals surface area contributed by atoms with Crippen molar-refractivity contribution in [3.05, 3.63) is 52.2 Å². The van der Waals surface area contributed by atoms with Crippen LogP contribution in [0.1, 0.15) is 50.9 Å². The number of thiophene rings is 1. The topological polar surface area (TPSA) is 107 Å². The summed E-state index contributed by atoms with van der Waals surface area (Å²) in [5.74, 6) is -1.63. The van der Waals surface area contributed by atoms with E-state index in [1.807, 2.05) is 0 Å². The van der Waals surface area contributed by atoms with Gasteiger partial charge in [-0.05, 0) is 50.3 Å². The maximum absolute atomic E-state index is 12.5. The van der Waals surface area contributed by atoms with E-state index in [4.69, 9.17) is 9.47 Å². The maximum Gasteiger partial charge on any atom is 0.341 e. The number of carbonyl (C=O) groups is 3. The van der Waals surface area contributed by atoms with Gasteiger partial charge in [-0.15, -0.1) is 11.3 Å². The average molecular weight is 439 g/mol. The van der Waals surface area contributed by atoms with Crippen LogP contribution in [-0.2, 0) is 27.1 Å². The number of benzene rings is 1. The third-order valence-corrected chi connectivity index (χ3v) is 6.16. The van der Waals surface area contributed by atoms with Gasteiger partial charge in [0.05, 0.1) is 23.3 Å². The predicted molar refractivity (Wildman–Crippen MR) is 115 cm³/mol. The Balaban J connectivity index is 1.47. The Morgan fingerprint density at radius 2 is 1.87 bits per heavy atom. The summed E-state index contributed by atoms with van der Waals surface area (Å²) < 4.78 is 10.4. The van der Waals surface area contributed by atoms with E-state index < -0.39 is 24.5 Å². The van der Waals surface area contributed by atoms with Crippen LogP contribution in [0.25, 0.3) is 11.0 Å². The molecule has 0 spiro atoms. The Kier molecular flexibility index (Phi) is 6.22. The van der Waals surface area contributed by atoms with Crippen LogP contribution < -0.4 is 5.32 Å². The summed E-state index contributed by atoms with van der Waals surface area (Å²) in [6, 6.07) is 4.99. The van der Waals surface area contributed by atoms with Gasteiger partial charge in [-0.3, -0.25) is 14.8 Å². The van der Waals surface area contributed by atoms with E-state index in [9.17, 15) is 14.4 Å². The number of fused-ring (bicyclic) bond motifs is 2. The normalized spacial score (nSPS) is 12.8. The van der Waals surface area contributed by atoms with E-state index in [-0.39, 0.29) is 12.2 Å². The van der Waals surface area contributed by atoms with Gasteiger partial charge in [-0.1, -0.05) is 6.07 Å². The monoisotopic (exact) mass is 439 g/mol. The van der Waals surface area contributed by atoms with Gasteiger partial charge in [0.15, 0.2) is 6.61 Å². The molecule has 1 amide bonds. The number of para-hydroxylation sites is 1. The Morgan fingerprint density at radius 3 is 2.71 bits per heavy atom. The minimum absolute atomic E-state index is 0.234. The molecule has 0 bridgehead atoms. The van der Waals surface area contributed by atoms with Gasteiger partial charge in [0.25, 0.3) is 5.91 Å². The fourth-order valence-electron chi connectivity index (χ4n) is 3.60. The van der Waals surface area contributed by atoms with Crippen LogP contribution in [0.3, 0.4) is 0 Å². The predicted octanol–water partition coefficient (Wildman–Crippen LogP) is 3.54. The van der Waals surface area contributed by atoms with Crippen LogP contribution in [0.5, 0.6) is 0 Å². The van der Waals surface area contributed by atoms with E-state index in [1.54, 1.807) is 25.1 Å². The molecular weight excluding hydrogens is 418 g/mol. The van der Waals surface area contributed by atoms with Gasteiger partial charge in [0.1, 0.15) is 10.5 Å². The minimum atomic E-state index is -0.669. The van der Waals surface area contributed by atoms with Crippen LogP contribution in [0, 0.1) is 0 Å². The summed E-state index contributed by atoms with van der Waals surface area (Å²) in [5.41, 5.74) is 2.58. The van der Waals surface area contributed by atoms with Gasteiger partial charge in [-0.25, -0.2) is 9.59 Å². The third-order valence-electron chi connectivity index (χ3n) is 4.96. The number of hydrogen-bond donors (Lipinski definition) is 1. The number of nitrogens with zero attached hydrogens (tertiary/aromatic N) is 2. The van der Waals surface area contributed by atoms with Gasteiger partial charge >= 0.3 is 11.9 Å². The smallest absolute Gasteiger partial charge is 0.341 e. The zero-order chi connectivity index (χ0) is 21.8. The number of carbonyl (C=O) groups excluding carboxylic acids is 3. The van der Waals surface area contributed by atoms with Gasteiger partial charge < -0.3 is 14.8 Å². The molecule has 3 aromatic rings. The van der Waals surface area contributed by atoms with Crippen LogP contribution in [0.15, 0.2) is 30.6 Å². The van der Waals surface area contributed by atoms with Crippen molar-refractivity contribution < 1.29 is 23.9 Å². The summed E-state index contributed by atoms with van der Waals surface area (Å²) in [5, 5.41) is 3.17. The highest BCUT2D eigenvalue weighted by Gasteiger charge is 2.27. The third kappa shape index (κ3) is 4.41. The molecular formula is C22H21N3O5S. The molecule has 0 unspecified atom stereocenters. The molecule has 0 fully saturated rings. The molecule has 0 radical (unpaired) electrons. The summed E-state index contributed by atoms with van der Waals surface area (Å²) in [4.78, 5) is 46.9. The van der Waals surface area contributed by atoms with Crippen molar-refractivity contribution in [1.29, 1.82) is 0 Å². The standard InChI is InChI=1S/C22H21N3O5S/c1-2-29-22(28)18-13-6-3-4-9-16(13)31-20(18)25-17(26)12-30-21(27)14-7-5-8-15-19(14)24-11-10-23-15/h5,7-8,10-11H,2-4,6,9,12H2,1H3,(H,25,26). The molecule has 2 heterocycles. The highest BCUT2D eigenvalue weighted by Crippen LogP contribution is 2.38. The quantitative estimate of drug-likeness (QED) is 0.585. The zero-order valence-corrected chi connectivity index (χ0v) is 17.8. The van der Waals surface area contributed by atoms with E-state index in [0.29, 0.717) is 21.6 Å². The molecule has 1 aromatic carbocycles. The Morgan fingerprint density at radius 1 is 1.06 bits per heavy atom. The van der Waals surface area contributed by atoms with Crippen molar-refractivity contribution in [3.8, 4) is 0 Å². The highest BCUT2D eigenvalue weighted by atomic mass is 32.1. The van der Waals surface area contributed by atoms with Crippen molar-refractivity contribution in [1.82, 2.24) is 9.97 Å². The number of anilines is 1. The largest absolute Gasteiger partial charge is 0.462 e.